The first kappa shape index (κ1) is 21.6. The van der Waals surface area contributed by atoms with E-state index in [1.165, 1.54) is 53.8 Å². The summed E-state index contributed by atoms with van der Waals surface area (Å²) in [4.78, 5) is 12.5. The number of anilines is 1. The Labute approximate surface area is 173 Å². The second-order valence-corrected chi connectivity index (χ2v) is 8.63. The van der Waals surface area contributed by atoms with E-state index >= 15 is 0 Å². The summed E-state index contributed by atoms with van der Waals surface area (Å²) in [6, 6.07) is 11.0. The first-order chi connectivity index (χ1) is 14.3. The summed E-state index contributed by atoms with van der Waals surface area (Å²) in [6.07, 6.45) is 1.65. The maximum absolute atomic E-state index is 13.3. The van der Waals surface area contributed by atoms with Crippen molar-refractivity contribution in [1.29, 1.82) is 0 Å². The summed E-state index contributed by atoms with van der Waals surface area (Å²) in [5.74, 6) is -0.944. The van der Waals surface area contributed by atoms with Crippen LogP contribution in [0.25, 0.3) is 11.5 Å². The van der Waals surface area contributed by atoms with Gasteiger partial charge in [0.05, 0.1) is 4.90 Å². The molecule has 158 valence electrons. The van der Waals surface area contributed by atoms with Crippen molar-refractivity contribution in [2.45, 2.75) is 24.7 Å². The zero-order valence-electron chi connectivity index (χ0n) is 16.5. The Balaban J connectivity index is 1.70. The van der Waals surface area contributed by atoms with Crippen LogP contribution in [0.5, 0.6) is 0 Å². The van der Waals surface area contributed by atoms with E-state index in [0.29, 0.717) is 12.1 Å². The minimum atomic E-state index is -3.61. The predicted molar refractivity (Wildman–Crippen MR) is 109 cm³/mol. The molecule has 0 saturated carbocycles. The van der Waals surface area contributed by atoms with Crippen molar-refractivity contribution >= 4 is 21.9 Å². The Morgan fingerprint density at radius 3 is 2.57 bits per heavy atom. The normalized spacial score (nSPS) is 11.6. The maximum Gasteiger partial charge on any atom is 0.322 e. The summed E-state index contributed by atoms with van der Waals surface area (Å²) < 4.78 is 45.0. The molecule has 1 heterocycles. The van der Waals surface area contributed by atoms with Crippen molar-refractivity contribution in [3.05, 3.63) is 59.9 Å². The van der Waals surface area contributed by atoms with E-state index in [1.807, 2.05) is 6.92 Å². The lowest BCUT2D eigenvalue weighted by molar-refractivity contribution is 0.102. The van der Waals surface area contributed by atoms with Gasteiger partial charge in [0.15, 0.2) is 0 Å². The van der Waals surface area contributed by atoms with Gasteiger partial charge in [-0.05, 0) is 48.9 Å². The van der Waals surface area contributed by atoms with Crippen LogP contribution in [-0.4, -0.2) is 42.4 Å². The molecule has 0 atom stereocenters. The first-order valence-electron chi connectivity index (χ1n) is 9.28. The molecule has 0 saturated heterocycles. The quantitative estimate of drug-likeness (QED) is 0.584. The van der Waals surface area contributed by atoms with Gasteiger partial charge in [-0.15, -0.1) is 5.10 Å². The van der Waals surface area contributed by atoms with Crippen LogP contribution < -0.4 is 5.32 Å². The topological polar surface area (TPSA) is 105 Å². The second-order valence-electron chi connectivity index (χ2n) is 6.58. The van der Waals surface area contributed by atoms with Crippen LogP contribution in [0.4, 0.5) is 10.4 Å². The molecule has 0 unspecified atom stereocenters. The van der Waals surface area contributed by atoms with Crippen LogP contribution in [-0.2, 0) is 10.0 Å². The van der Waals surface area contributed by atoms with Gasteiger partial charge in [0.1, 0.15) is 5.82 Å². The highest BCUT2D eigenvalue weighted by molar-refractivity contribution is 7.89. The lowest BCUT2D eigenvalue weighted by Crippen LogP contribution is -2.28. The molecular formula is C20H21FN4O4S. The van der Waals surface area contributed by atoms with Crippen LogP contribution in [0.15, 0.2) is 57.8 Å². The van der Waals surface area contributed by atoms with Crippen LogP contribution in [0.1, 0.15) is 30.1 Å². The Kier molecular flexibility index (Phi) is 6.58. The number of sulfonamides is 1. The number of halogens is 1. The van der Waals surface area contributed by atoms with Crippen molar-refractivity contribution in [3.63, 3.8) is 0 Å². The molecule has 10 heteroatoms. The fourth-order valence-electron chi connectivity index (χ4n) is 2.64. The highest BCUT2D eigenvalue weighted by Crippen LogP contribution is 2.21. The average molecular weight is 432 g/mol. The number of hydrogen-bond donors (Lipinski definition) is 1. The molecule has 2 aromatic carbocycles. The Hall–Kier alpha value is -3.11. The van der Waals surface area contributed by atoms with Gasteiger partial charge in [-0.25, -0.2) is 17.1 Å². The van der Waals surface area contributed by atoms with E-state index in [0.717, 1.165) is 12.8 Å². The van der Waals surface area contributed by atoms with E-state index in [4.69, 9.17) is 4.42 Å². The van der Waals surface area contributed by atoms with Gasteiger partial charge in [-0.2, -0.15) is 0 Å². The number of aromatic nitrogens is 2. The number of benzene rings is 2. The van der Waals surface area contributed by atoms with E-state index < -0.39 is 21.7 Å². The second kappa shape index (κ2) is 9.14. The standard InChI is InChI=1S/C20H21FN4O4S/c1-3-4-12-25(2)30(27,28)17-10-8-14(9-11-17)18(26)22-20-24-23-19(29-20)15-6-5-7-16(21)13-15/h5-11,13H,3-4,12H2,1-2H3,(H,22,24,26). The van der Waals surface area contributed by atoms with Crippen molar-refractivity contribution in [3.8, 4) is 11.5 Å². The molecule has 0 spiro atoms. The zero-order valence-corrected chi connectivity index (χ0v) is 17.3. The Bertz CT molecular complexity index is 1130. The molecule has 30 heavy (non-hydrogen) atoms. The number of amides is 1. The van der Waals surface area contributed by atoms with Gasteiger partial charge in [-0.1, -0.05) is 24.5 Å². The molecule has 1 N–H and O–H groups in total. The number of carbonyl (C=O) groups is 1. The van der Waals surface area contributed by atoms with Gasteiger partial charge >= 0.3 is 6.01 Å². The van der Waals surface area contributed by atoms with Crippen LogP contribution in [0.3, 0.4) is 0 Å². The minimum Gasteiger partial charge on any atom is -0.403 e. The summed E-state index contributed by atoms with van der Waals surface area (Å²) in [5, 5.41) is 9.94. The summed E-state index contributed by atoms with van der Waals surface area (Å²) in [6.45, 7) is 2.41. The van der Waals surface area contributed by atoms with Gasteiger partial charge in [-0.3, -0.25) is 10.1 Å². The Morgan fingerprint density at radius 2 is 1.90 bits per heavy atom. The van der Waals surface area contributed by atoms with E-state index in [-0.39, 0.29) is 22.4 Å². The lowest BCUT2D eigenvalue weighted by atomic mass is 10.2. The van der Waals surface area contributed by atoms with Crippen molar-refractivity contribution in [1.82, 2.24) is 14.5 Å². The van der Waals surface area contributed by atoms with Crippen LogP contribution in [0.2, 0.25) is 0 Å². The van der Waals surface area contributed by atoms with Gasteiger partial charge < -0.3 is 4.42 Å². The SMILES string of the molecule is CCCCN(C)S(=O)(=O)c1ccc(C(=O)Nc2nnc(-c3cccc(F)c3)o2)cc1. The largest absolute Gasteiger partial charge is 0.403 e. The van der Waals surface area contributed by atoms with Gasteiger partial charge in [0.25, 0.3) is 5.91 Å². The van der Waals surface area contributed by atoms with E-state index in [1.54, 1.807) is 6.07 Å². The molecule has 0 aliphatic heterocycles. The first-order valence-corrected chi connectivity index (χ1v) is 10.7. The number of nitrogens with zero attached hydrogens (tertiary/aromatic N) is 3. The molecule has 1 amide bonds. The molecule has 0 fully saturated rings. The number of nitrogens with one attached hydrogen (secondary N) is 1. The van der Waals surface area contributed by atoms with E-state index in [9.17, 15) is 17.6 Å². The summed E-state index contributed by atoms with van der Waals surface area (Å²) in [7, 11) is -2.09. The Morgan fingerprint density at radius 1 is 1.17 bits per heavy atom. The molecule has 1 aromatic heterocycles. The van der Waals surface area contributed by atoms with Crippen molar-refractivity contribution < 1.29 is 22.0 Å². The number of carbonyl (C=O) groups excluding carboxylic acids is 1. The molecule has 8 nitrogen and oxygen atoms in total. The van der Waals surface area contributed by atoms with Crippen molar-refractivity contribution in [2.75, 3.05) is 18.9 Å². The zero-order chi connectivity index (χ0) is 21.7. The van der Waals surface area contributed by atoms with Gasteiger partial charge in [0, 0.05) is 24.7 Å². The third-order valence-corrected chi connectivity index (χ3v) is 6.24. The third kappa shape index (κ3) is 4.89. The molecule has 0 radical (unpaired) electrons. The fourth-order valence-corrected chi connectivity index (χ4v) is 3.85. The van der Waals surface area contributed by atoms with Crippen molar-refractivity contribution in [2.24, 2.45) is 0 Å². The molecule has 0 bridgehead atoms. The molecule has 0 aliphatic rings. The number of rotatable bonds is 8. The van der Waals surface area contributed by atoms with E-state index in [2.05, 4.69) is 15.5 Å². The highest BCUT2D eigenvalue weighted by Gasteiger charge is 2.21. The predicted octanol–water partition coefficient (Wildman–Crippen LogP) is 3.55. The van der Waals surface area contributed by atoms with Gasteiger partial charge in [0.2, 0.25) is 15.9 Å². The highest BCUT2D eigenvalue weighted by atomic mass is 32.2. The van der Waals surface area contributed by atoms with Crippen LogP contribution in [0, 0.1) is 5.82 Å². The third-order valence-electron chi connectivity index (χ3n) is 4.37. The maximum atomic E-state index is 13.3. The molecular weight excluding hydrogens is 411 g/mol. The lowest BCUT2D eigenvalue weighted by Gasteiger charge is -2.16. The average Bonchev–Trinajstić information content (AvgIpc) is 3.20. The summed E-state index contributed by atoms with van der Waals surface area (Å²) in [5.41, 5.74) is 0.598. The number of hydrogen-bond acceptors (Lipinski definition) is 6. The molecule has 3 rings (SSSR count). The smallest absolute Gasteiger partial charge is 0.322 e. The fraction of sp³-hybridized carbons (Fsp3) is 0.250. The molecule has 3 aromatic rings. The minimum absolute atomic E-state index is 0.0568. The summed E-state index contributed by atoms with van der Waals surface area (Å²) >= 11 is 0. The van der Waals surface area contributed by atoms with Crippen LogP contribution >= 0.6 is 0 Å². The number of unbranched alkanes of at least 4 members (excludes halogenated alkanes) is 1. The molecule has 0 aliphatic carbocycles. The monoisotopic (exact) mass is 432 g/mol.